The Bertz CT molecular complexity index is 1570. The van der Waals surface area contributed by atoms with E-state index in [9.17, 15) is 9.59 Å². The summed E-state index contributed by atoms with van der Waals surface area (Å²) in [6.07, 6.45) is 1.76. The second-order valence-corrected chi connectivity index (χ2v) is 8.16. The maximum Gasteiger partial charge on any atom is 0.262 e. The molecule has 0 bridgehead atoms. The van der Waals surface area contributed by atoms with Crippen LogP contribution in [0.3, 0.4) is 0 Å². The van der Waals surface area contributed by atoms with Gasteiger partial charge in [-0.15, -0.1) is 0 Å². The van der Waals surface area contributed by atoms with E-state index >= 15 is 0 Å². The molecule has 5 rings (SSSR count). The first kappa shape index (κ1) is 20.8. The van der Waals surface area contributed by atoms with Crippen LogP contribution in [-0.2, 0) is 11.3 Å². The molecule has 1 amide bonds. The summed E-state index contributed by atoms with van der Waals surface area (Å²) in [5.41, 5.74) is 4.15. The summed E-state index contributed by atoms with van der Waals surface area (Å²) in [6.45, 7) is 0.186. The first-order valence-corrected chi connectivity index (χ1v) is 11.0. The van der Waals surface area contributed by atoms with Gasteiger partial charge in [0.25, 0.3) is 5.56 Å². The van der Waals surface area contributed by atoms with Crippen LogP contribution in [-0.4, -0.2) is 25.4 Å². The summed E-state index contributed by atoms with van der Waals surface area (Å²) in [4.78, 5) is 36.3. The van der Waals surface area contributed by atoms with Gasteiger partial charge < -0.3 is 15.3 Å². The number of amides is 1. The molecule has 0 aliphatic rings. The van der Waals surface area contributed by atoms with Gasteiger partial charge in [0, 0.05) is 13.0 Å². The summed E-state index contributed by atoms with van der Waals surface area (Å²) < 4.78 is 1.74. The van der Waals surface area contributed by atoms with Crippen LogP contribution in [0.2, 0.25) is 0 Å². The molecule has 0 saturated carbocycles. The van der Waals surface area contributed by atoms with Gasteiger partial charge in [-0.25, -0.2) is 4.98 Å². The molecule has 3 N–H and O–H groups in total. The van der Waals surface area contributed by atoms with E-state index in [-0.39, 0.29) is 30.5 Å². The molecule has 1 atom stereocenters. The fourth-order valence-electron chi connectivity index (χ4n) is 3.99. The molecule has 2 aromatic heterocycles. The Morgan fingerprint density at radius 1 is 1.00 bits per heavy atom. The van der Waals surface area contributed by atoms with Gasteiger partial charge in [-0.3, -0.25) is 14.2 Å². The zero-order valence-corrected chi connectivity index (χ0v) is 18.4. The number of H-pyrrole nitrogens is 2. The van der Waals surface area contributed by atoms with Crippen LogP contribution in [0.1, 0.15) is 23.6 Å². The highest BCUT2D eigenvalue weighted by Crippen LogP contribution is 2.24. The molecule has 2 heterocycles. The van der Waals surface area contributed by atoms with Crippen molar-refractivity contribution in [1.29, 1.82) is 0 Å². The van der Waals surface area contributed by atoms with E-state index in [1.165, 1.54) is 4.57 Å². The molecule has 0 radical (unpaired) electrons. The number of carbonyl (C=O) groups excluding carboxylic acids is 1. The van der Waals surface area contributed by atoms with E-state index in [0.29, 0.717) is 15.7 Å². The smallest absolute Gasteiger partial charge is 0.262 e. The Balaban J connectivity index is 1.40. The van der Waals surface area contributed by atoms with Crippen molar-refractivity contribution in [2.45, 2.75) is 19.0 Å². The van der Waals surface area contributed by atoms with Crippen molar-refractivity contribution in [2.24, 2.45) is 0 Å². The lowest BCUT2D eigenvalue weighted by atomic mass is 9.98. The van der Waals surface area contributed by atoms with Crippen molar-refractivity contribution >= 4 is 40.1 Å². The quantitative estimate of drug-likeness (QED) is 0.334. The Labute approximate surface area is 194 Å². The monoisotopic (exact) mass is 455 g/mol. The molecule has 1 unspecified atom stereocenters. The van der Waals surface area contributed by atoms with Gasteiger partial charge >= 0.3 is 0 Å². The molecule has 0 aliphatic carbocycles. The van der Waals surface area contributed by atoms with Crippen LogP contribution in [0, 0.1) is 4.77 Å². The number of nitrogens with one attached hydrogen (secondary N) is 3. The molecule has 33 heavy (non-hydrogen) atoms. The second kappa shape index (κ2) is 8.84. The van der Waals surface area contributed by atoms with Gasteiger partial charge in [0.15, 0.2) is 4.77 Å². The van der Waals surface area contributed by atoms with E-state index in [4.69, 9.17) is 12.2 Å². The molecule has 3 aromatic carbocycles. The summed E-state index contributed by atoms with van der Waals surface area (Å²) in [6, 6.07) is 22.5. The summed E-state index contributed by atoms with van der Waals surface area (Å²) in [7, 11) is 0. The molecule has 164 valence electrons. The zero-order chi connectivity index (χ0) is 22.8. The van der Waals surface area contributed by atoms with Crippen LogP contribution < -0.4 is 10.9 Å². The maximum absolute atomic E-state index is 13.0. The van der Waals surface area contributed by atoms with Gasteiger partial charge in [-0.1, -0.05) is 48.5 Å². The largest absolute Gasteiger partial charge is 0.345 e. The van der Waals surface area contributed by atoms with Crippen molar-refractivity contribution in [3.63, 3.8) is 0 Å². The van der Waals surface area contributed by atoms with Crippen molar-refractivity contribution < 1.29 is 4.79 Å². The fourth-order valence-corrected chi connectivity index (χ4v) is 4.27. The van der Waals surface area contributed by atoms with Crippen molar-refractivity contribution in [3.05, 3.63) is 105 Å². The predicted molar refractivity (Wildman–Crippen MR) is 131 cm³/mol. The lowest BCUT2D eigenvalue weighted by molar-refractivity contribution is -0.121. The zero-order valence-electron chi connectivity index (χ0n) is 17.6. The SMILES string of the molecule is O=C(CCn1c(=S)[nH]c2ccccc2c1=O)NC(c1ccccc1)c1ccc2nc[nH]c2c1. The topological polar surface area (TPSA) is 95.6 Å². The van der Waals surface area contributed by atoms with E-state index in [1.54, 1.807) is 18.5 Å². The van der Waals surface area contributed by atoms with Crippen molar-refractivity contribution in [1.82, 2.24) is 24.8 Å². The first-order valence-electron chi connectivity index (χ1n) is 10.6. The number of para-hydroxylation sites is 1. The fraction of sp³-hybridized carbons (Fsp3) is 0.120. The number of aromatic amines is 2. The average Bonchev–Trinajstić information content (AvgIpc) is 3.31. The third kappa shape index (κ3) is 4.20. The number of fused-ring (bicyclic) bond motifs is 2. The summed E-state index contributed by atoms with van der Waals surface area (Å²) in [5, 5.41) is 3.66. The minimum atomic E-state index is -0.339. The number of nitrogens with zero attached hydrogens (tertiary/aromatic N) is 2. The normalized spacial score (nSPS) is 12.1. The van der Waals surface area contributed by atoms with E-state index in [2.05, 4.69) is 20.3 Å². The van der Waals surface area contributed by atoms with E-state index in [0.717, 1.165) is 22.2 Å². The Morgan fingerprint density at radius 3 is 2.64 bits per heavy atom. The van der Waals surface area contributed by atoms with Gasteiger partial charge in [-0.05, 0) is 47.6 Å². The van der Waals surface area contributed by atoms with Crippen LogP contribution >= 0.6 is 12.2 Å². The summed E-state index contributed by atoms with van der Waals surface area (Å²) in [5.74, 6) is -0.178. The number of hydrogen-bond donors (Lipinski definition) is 3. The molecule has 0 fully saturated rings. The van der Waals surface area contributed by atoms with E-state index < -0.39 is 0 Å². The number of rotatable bonds is 6. The van der Waals surface area contributed by atoms with Gasteiger partial charge in [0.2, 0.25) is 5.91 Å². The number of aromatic nitrogens is 4. The molecule has 8 heteroatoms. The molecular weight excluding hydrogens is 434 g/mol. The molecule has 0 aliphatic heterocycles. The minimum Gasteiger partial charge on any atom is -0.345 e. The lowest BCUT2D eigenvalue weighted by Gasteiger charge is -2.20. The highest BCUT2D eigenvalue weighted by Gasteiger charge is 2.18. The highest BCUT2D eigenvalue weighted by molar-refractivity contribution is 7.71. The van der Waals surface area contributed by atoms with Crippen LogP contribution in [0.5, 0.6) is 0 Å². The average molecular weight is 456 g/mol. The molecule has 0 spiro atoms. The molecular formula is C25H21N5O2S. The number of carbonyl (C=O) groups is 1. The first-order chi connectivity index (χ1) is 16.1. The number of imidazole rings is 1. The van der Waals surface area contributed by atoms with Crippen molar-refractivity contribution in [3.8, 4) is 0 Å². The number of benzene rings is 3. The highest BCUT2D eigenvalue weighted by atomic mass is 32.1. The molecule has 7 nitrogen and oxygen atoms in total. The summed E-state index contributed by atoms with van der Waals surface area (Å²) >= 11 is 5.36. The van der Waals surface area contributed by atoms with Gasteiger partial charge in [0.1, 0.15) is 0 Å². The Kier molecular flexibility index (Phi) is 5.58. The van der Waals surface area contributed by atoms with Gasteiger partial charge in [0.05, 0.1) is 34.3 Å². The molecule has 5 aromatic rings. The maximum atomic E-state index is 13.0. The van der Waals surface area contributed by atoms with Crippen LogP contribution in [0.4, 0.5) is 0 Å². The van der Waals surface area contributed by atoms with Crippen LogP contribution in [0.25, 0.3) is 21.9 Å². The lowest BCUT2D eigenvalue weighted by Crippen LogP contribution is -2.31. The molecule has 0 saturated heterocycles. The second-order valence-electron chi connectivity index (χ2n) is 7.77. The third-order valence-electron chi connectivity index (χ3n) is 5.67. The van der Waals surface area contributed by atoms with Crippen molar-refractivity contribution in [2.75, 3.05) is 0 Å². The third-order valence-corrected chi connectivity index (χ3v) is 5.99. The Hall–Kier alpha value is -4.04. The minimum absolute atomic E-state index is 0.116. The number of hydrogen-bond acceptors (Lipinski definition) is 4. The predicted octanol–water partition coefficient (Wildman–Crippen LogP) is 4.23. The van der Waals surface area contributed by atoms with Crippen LogP contribution in [0.15, 0.2) is 83.9 Å². The standard InChI is InChI=1S/C25H21N5O2S/c31-22(12-13-30-24(32)18-8-4-5-9-19(18)28-25(30)33)29-23(16-6-2-1-3-7-16)17-10-11-20-21(14-17)27-15-26-20/h1-11,14-15,23H,12-13H2,(H,26,27)(H,28,33)(H,29,31). The van der Waals surface area contributed by atoms with Gasteiger partial charge in [-0.2, -0.15) is 0 Å². The van der Waals surface area contributed by atoms with E-state index in [1.807, 2.05) is 60.7 Å². The Morgan fingerprint density at radius 2 is 1.79 bits per heavy atom.